The lowest BCUT2D eigenvalue weighted by molar-refractivity contribution is 0.245. The van der Waals surface area contributed by atoms with E-state index in [2.05, 4.69) is 282 Å². The number of nitrogens with zero attached hydrogens (tertiary/aromatic N) is 3. The van der Waals surface area contributed by atoms with Gasteiger partial charge in [-0.15, -0.1) is 0 Å². The van der Waals surface area contributed by atoms with Crippen LogP contribution in [0.4, 0.5) is 45.5 Å². The zero-order valence-corrected chi connectivity index (χ0v) is 47.4. The molecule has 12 rings (SSSR count). The number of hydrogen-bond acceptors (Lipinski definition) is 3. The number of fused-ring (bicyclic) bond motifs is 9. The van der Waals surface area contributed by atoms with Gasteiger partial charge in [0.2, 0.25) is 0 Å². The van der Waals surface area contributed by atoms with Gasteiger partial charge in [-0.2, -0.15) is 0 Å². The minimum atomic E-state index is -0.367. The molecule has 4 heteroatoms. The van der Waals surface area contributed by atoms with Gasteiger partial charge in [0, 0.05) is 50.9 Å². The van der Waals surface area contributed by atoms with Gasteiger partial charge >= 0.3 is 0 Å². The van der Waals surface area contributed by atoms with E-state index in [9.17, 15) is 0 Å². The Hall–Kier alpha value is -6.78. The van der Waals surface area contributed by atoms with Gasteiger partial charge in [-0.25, -0.2) is 0 Å². The molecule has 0 saturated heterocycles. The maximum atomic E-state index is 2.75. The van der Waals surface area contributed by atoms with Gasteiger partial charge in [-0.05, 0) is 181 Å². The molecular formula is C71H76BN3. The molecule has 4 aliphatic rings. The second-order valence-electron chi connectivity index (χ2n) is 27.1. The molecule has 2 unspecified atom stereocenters. The van der Waals surface area contributed by atoms with Crippen molar-refractivity contribution in [3.8, 4) is 11.1 Å². The molecule has 0 bridgehead atoms. The highest BCUT2D eigenvalue weighted by Gasteiger charge is 2.60. The summed E-state index contributed by atoms with van der Waals surface area (Å²) in [6.07, 6.45) is 2.12. The third kappa shape index (κ3) is 7.50. The number of benzene rings is 8. The summed E-state index contributed by atoms with van der Waals surface area (Å²) in [6, 6.07) is 64.4. The van der Waals surface area contributed by atoms with E-state index < -0.39 is 0 Å². The fourth-order valence-electron chi connectivity index (χ4n) is 13.6. The van der Waals surface area contributed by atoms with Crippen molar-refractivity contribution in [1.82, 2.24) is 0 Å². The molecule has 0 fully saturated rings. The van der Waals surface area contributed by atoms with Gasteiger partial charge < -0.3 is 14.7 Å². The first-order valence-electron chi connectivity index (χ1n) is 27.8. The first-order valence-corrected chi connectivity index (χ1v) is 27.8. The number of hydrogen-bond donors (Lipinski definition) is 0. The third-order valence-corrected chi connectivity index (χ3v) is 18.2. The Morgan fingerprint density at radius 1 is 0.413 bits per heavy atom. The fraction of sp³-hybridized carbons (Fsp3) is 0.324. The van der Waals surface area contributed by atoms with Gasteiger partial charge in [-0.3, -0.25) is 0 Å². The van der Waals surface area contributed by atoms with Crippen LogP contribution in [0.2, 0.25) is 0 Å². The molecule has 0 saturated carbocycles. The smallest absolute Gasteiger partial charge is 0.252 e. The summed E-state index contributed by atoms with van der Waals surface area (Å²) in [4.78, 5) is 8.03. The minimum Gasteiger partial charge on any atom is -0.330 e. The molecule has 75 heavy (non-hydrogen) atoms. The predicted octanol–water partition coefficient (Wildman–Crippen LogP) is 17.2. The summed E-state index contributed by atoms with van der Waals surface area (Å²) in [6.45, 7) is 35.5. The van der Waals surface area contributed by atoms with E-state index in [-0.39, 0.29) is 39.3 Å². The molecule has 0 radical (unpaired) electrons. The van der Waals surface area contributed by atoms with Crippen LogP contribution in [0.25, 0.3) is 11.1 Å². The fourth-order valence-corrected chi connectivity index (χ4v) is 13.6. The molecule has 0 amide bonds. The largest absolute Gasteiger partial charge is 0.330 e. The second kappa shape index (κ2) is 16.6. The summed E-state index contributed by atoms with van der Waals surface area (Å²) in [5, 5.41) is 0. The van der Waals surface area contributed by atoms with Crippen LogP contribution in [-0.4, -0.2) is 6.71 Å². The van der Waals surface area contributed by atoms with Crippen molar-refractivity contribution in [2.45, 2.75) is 149 Å². The third-order valence-electron chi connectivity index (χ3n) is 18.2. The van der Waals surface area contributed by atoms with Crippen molar-refractivity contribution in [3.05, 3.63) is 208 Å². The topological polar surface area (TPSA) is 9.72 Å². The summed E-state index contributed by atoms with van der Waals surface area (Å²) in [5.74, 6) is 0. The lowest BCUT2D eigenvalue weighted by atomic mass is 9.33. The van der Waals surface area contributed by atoms with Crippen molar-refractivity contribution in [3.63, 3.8) is 0 Å². The van der Waals surface area contributed by atoms with Crippen LogP contribution in [0.5, 0.6) is 0 Å². The Morgan fingerprint density at radius 2 is 0.947 bits per heavy atom. The van der Waals surface area contributed by atoms with E-state index in [1.165, 1.54) is 118 Å². The van der Waals surface area contributed by atoms with E-state index in [4.69, 9.17) is 0 Å². The summed E-state index contributed by atoms with van der Waals surface area (Å²) >= 11 is 0. The van der Waals surface area contributed by atoms with Gasteiger partial charge in [0.15, 0.2) is 0 Å². The van der Waals surface area contributed by atoms with Crippen LogP contribution >= 0.6 is 0 Å². The second-order valence-corrected chi connectivity index (χ2v) is 27.1. The molecule has 2 atom stereocenters. The molecule has 3 aliphatic heterocycles. The molecular weight excluding hydrogens is 906 g/mol. The summed E-state index contributed by atoms with van der Waals surface area (Å²) in [5.41, 5.74) is 26.8. The van der Waals surface area contributed by atoms with E-state index in [1.54, 1.807) is 0 Å². The van der Waals surface area contributed by atoms with E-state index >= 15 is 0 Å². The molecule has 1 aliphatic carbocycles. The average Bonchev–Trinajstić information content (AvgIpc) is 3.81. The Kier molecular flexibility index (Phi) is 10.9. The molecule has 0 N–H and O–H groups in total. The molecule has 0 spiro atoms. The van der Waals surface area contributed by atoms with Crippen LogP contribution in [0.3, 0.4) is 0 Å². The lowest BCUT2D eigenvalue weighted by Crippen LogP contribution is -2.61. The molecule has 3 nitrogen and oxygen atoms in total. The molecule has 0 aromatic heterocycles. The Labute approximate surface area is 449 Å². The summed E-state index contributed by atoms with van der Waals surface area (Å²) < 4.78 is 0. The SMILES string of the molecule is Cc1cc(C(C)(C)C)ccc1N1c2cc(C(C)(C)C)ccc2B2c3ccc(N4c5ccc(-c6ccccc6)cc5C5(C)CCc6ccccc6C45C)cc3N(c3ccc(C(C)(C)C)cc3)c3cc(C(C)(C)C)cc1c32. The average molecular weight is 982 g/mol. The normalized spacial score (nSPS) is 18.8. The predicted molar refractivity (Wildman–Crippen MR) is 323 cm³/mol. The highest BCUT2D eigenvalue weighted by Crippen LogP contribution is 2.64. The zero-order valence-electron chi connectivity index (χ0n) is 47.4. The Bertz CT molecular complexity index is 3600. The maximum Gasteiger partial charge on any atom is 0.252 e. The molecule has 3 heterocycles. The highest BCUT2D eigenvalue weighted by atomic mass is 15.3. The molecule has 378 valence electrons. The monoisotopic (exact) mass is 982 g/mol. The lowest BCUT2D eigenvalue weighted by Gasteiger charge is -2.51. The Morgan fingerprint density at radius 3 is 1.60 bits per heavy atom. The van der Waals surface area contributed by atoms with Gasteiger partial charge in [0.25, 0.3) is 6.71 Å². The van der Waals surface area contributed by atoms with Crippen LogP contribution in [0, 0.1) is 6.92 Å². The number of rotatable bonds is 4. The standard InChI is InChI=1S/C71H76BN3/c1-45-39-50(67(5,6)7)29-36-59(45)74-61-41-51(68(8,9)10)28-33-57(61)72-58-34-32-54(44-62(58)73(53-30-26-49(27-31-53)66(2,3)4)63-42-52(69(11,12)13)43-64(74)65(63)72)75-60-35-25-48(46-21-17-16-18-22-46)40-56(60)70(14)38-37-47-23-19-20-24-55(47)71(70,75)15/h16-36,39-44H,37-38H2,1-15H3. The summed E-state index contributed by atoms with van der Waals surface area (Å²) in [7, 11) is 0. The van der Waals surface area contributed by atoms with Gasteiger partial charge in [0.05, 0.1) is 5.54 Å². The van der Waals surface area contributed by atoms with Crippen LogP contribution in [0.1, 0.15) is 148 Å². The van der Waals surface area contributed by atoms with E-state index in [0.717, 1.165) is 12.8 Å². The quantitative estimate of drug-likeness (QED) is 0.163. The number of anilines is 8. The number of aryl methyl sites for hydroxylation is 2. The van der Waals surface area contributed by atoms with Crippen molar-refractivity contribution >= 4 is 68.6 Å². The van der Waals surface area contributed by atoms with Crippen LogP contribution < -0.4 is 31.1 Å². The van der Waals surface area contributed by atoms with Gasteiger partial charge in [0.1, 0.15) is 0 Å². The minimum absolute atomic E-state index is 0.0110. The molecule has 8 aromatic rings. The first kappa shape index (κ1) is 49.1. The van der Waals surface area contributed by atoms with E-state index in [1.807, 2.05) is 0 Å². The highest BCUT2D eigenvalue weighted by molar-refractivity contribution is 7.00. The van der Waals surface area contributed by atoms with Crippen molar-refractivity contribution in [2.24, 2.45) is 0 Å². The molecule has 8 aromatic carbocycles. The van der Waals surface area contributed by atoms with Crippen LogP contribution in [0.15, 0.2) is 164 Å². The van der Waals surface area contributed by atoms with Gasteiger partial charge in [-0.1, -0.05) is 193 Å². The first-order chi connectivity index (χ1) is 35.4. The zero-order chi connectivity index (χ0) is 52.9. The Balaban J connectivity index is 1.16. The van der Waals surface area contributed by atoms with Crippen molar-refractivity contribution in [1.29, 1.82) is 0 Å². The van der Waals surface area contributed by atoms with E-state index in [0.29, 0.717) is 0 Å². The maximum absolute atomic E-state index is 2.75. The van der Waals surface area contributed by atoms with Crippen molar-refractivity contribution < 1.29 is 0 Å². The van der Waals surface area contributed by atoms with Crippen LogP contribution in [-0.2, 0) is 39.0 Å². The van der Waals surface area contributed by atoms with Crippen molar-refractivity contribution in [2.75, 3.05) is 14.7 Å².